The minimum atomic E-state index is -1.76. The molecule has 1 aliphatic rings. The molecule has 0 amide bonds. The van der Waals surface area contributed by atoms with Crippen LogP contribution in [-0.2, 0) is 9.16 Å². The van der Waals surface area contributed by atoms with Crippen LogP contribution in [-0.4, -0.2) is 45.6 Å². The predicted molar refractivity (Wildman–Crippen MR) is 94.5 cm³/mol. The molecule has 1 aromatic heterocycles. The van der Waals surface area contributed by atoms with Gasteiger partial charge in [-0.2, -0.15) is 0 Å². The third-order valence-corrected chi connectivity index (χ3v) is 9.40. The lowest BCUT2D eigenvalue weighted by Crippen LogP contribution is -2.44. The smallest absolute Gasteiger partial charge is 0.356 e. The van der Waals surface area contributed by atoms with E-state index in [-0.39, 0.29) is 11.1 Å². The van der Waals surface area contributed by atoms with Gasteiger partial charge in [0, 0.05) is 13.1 Å². The zero-order valence-electron chi connectivity index (χ0n) is 15.0. The molecule has 1 aromatic rings. The van der Waals surface area contributed by atoms with Crippen LogP contribution in [0.15, 0.2) is 18.2 Å². The van der Waals surface area contributed by atoms with Crippen molar-refractivity contribution in [2.45, 2.75) is 51.4 Å². The first kappa shape index (κ1) is 17.9. The van der Waals surface area contributed by atoms with E-state index in [4.69, 9.17) is 9.16 Å². The van der Waals surface area contributed by atoms with E-state index in [0.717, 1.165) is 25.3 Å². The molecule has 0 N–H and O–H groups in total. The van der Waals surface area contributed by atoms with Gasteiger partial charge in [0.1, 0.15) is 5.82 Å². The number of esters is 1. The van der Waals surface area contributed by atoms with E-state index in [2.05, 4.69) is 43.7 Å². The van der Waals surface area contributed by atoms with Crippen LogP contribution < -0.4 is 4.90 Å². The van der Waals surface area contributed by atoms with Crippen LogP contribution in [0, 0.1) is 0 Å². The van der Waals surface area contributed by atoms with Gasteiger partial charge in [0.05, 0.1) is 13.2 Å². The molecule has 0 radical (unpaired) electrons. The molecule has 1 atom stereocenters. The molecule has 0 aliphatic carbocycles. The maximum absolute atomic E-state index is 11.6. The van der Waals surface area contributed by atoms with Crippen molar-refractivity contribution in [2.24, 2.45) is 0 Å². The Kier molecular flexibility index (Phi) is 5.16. The minimum absolute atomic E-state index is 0.212. The van der Waals surface area contributed by atoms with E-state index < -0.39 is 14.3 Å². The van der Waals surface area contributed by atoms with Gasteiger partial charge >= 0.3 is 5.97 Å². The van der Waals surface area contributed by atoms with Crippen LogP contribution in [0.25, 0.3) is 0 Å². The summed E-state index contributed by atoms with van der Waals surface area (Å²) in [6, 6.07) is 5.45. The van der Waals surface area contributed by atoms with Gasteiger partial charge in [-0.1, -0.05) is 26.8 Å². The Morgan fingerprint density at radius 3 is 2.65 bits per heavy atom. The Bertz CT molecular complexity index is 569. The first-order valence-electron chi connectivity index (χ1n) is 8.12. The second-order valence-corrected chi connectivity index (χ2v) is 12.4. The molecule has 1 saturated heterocycles. The van der Waals surface area contributed by atoms with Gasteiger partial charge in [0.15, 0.2) is 14.0 Å². The highest BCUT2D eigenvalue weighted by molar-refractivity contribution is 6.74. The average Bonchev–Trinajstić information content (AvgIpc) is 2.93. The van der Waals surface area contributed by atoms with Crippen LogP contribution in [0.2, 0.25) is 18.1 Å². The fourth-order valence-electron chi connectivity index (χ4n) is 2.44. The summed E-state index contributed by atoms with van der Waals surface area (Å²) in [5.74, 6) is 0.411. The summed E-state index contributed by atoms with van der Waals surface area (Å²) in [5.41, 5.74) is 0.346. The van der Waals surface area contributed by atoms with Gasteiger partial charge in [0.2, 0.25) is 0 Å². The molecule has 1 aliphatic heterocycles. The van der Waals surface area contributed by atoms with Gasteiger partial charge in [-0.15, -0.1) is 0 Å². The topological polar surface area (TPSA) is 51.7 Å². The van der Waals surface area contributed by atoms with Crippen molar-refractivity contribution in [3.05, 3.63) is 23.9 Å². The number of aromatic nitrogens is 1. The maximum atomic E-state index is 11.6. The first-order chi connectivity index (χ1) is 10.6. The predicted octanol–water partition coefficient (Wildman–Crippen LogP) is 3.47. The minimum Gasteiger partial charge on any atom is -0.464 e. The fourth-order valence-corrected chi connectivity index (χ4v) is 3.82. The molecule has 0 bridgehead atoms. The Labute approximate surface area is 140 Å². The second-order valence-electron chi connectivity index (χ2n) is 7.61. The van der Waals surface area contributed by atoms with E-state index in [1.165, 1.54) is 7.11 Å². The van der Waals surface area contributed by atoms with E-state index in [1.807, 2.05) is 12.1 Å². The Hall–Kier alpha value is -1.40. The molecule has 23 heavy (non-hydrogen) atoms. The molecule has 0 saturated carbocycles. The van der Waals surface area contributed by atoms with Crippen LogP contribution in [0.4, 0.5) is 5.82 Å². The van der Waals surface area contributed by atoms with Crippen molar-refractivity contribution in [3.63, 3.8) is 0 Å². The lowest BCUT2D eigenvalue weighted by atomic mass is 10.2. The summed E-state index contributed by atoms with van der Waals surface area (Å²) in [5, 5.41) is 0.212. The largest absolute Gasteiger partial charge is 0.464 e. The summed E-state index contributed by atoms with van der Waals surface area (Å²) in [6.07, 6.45) is 1.23. The lowest BCUT2D eigenvalue weighted by Gasteiger charge is -2.38. The molecular weight excluding hydrogens is 308 g/mol. The van der Waals surface area contributed by atoms with Gasteiger partial charge in [-0.25, -0.2) is 9.78 Å². The number of anilines is 1. The van der Waals surface area contributed by atoms with E-state index in [0.29, 0.717) is 5.69 Å². The number of methoxy groups -OCH3 is 1. The summed E-state index contributed by atoms with van der Waals surface area (Å²) < 4.78 is 11.2. The van der Waals surface area contributed by atoms with Crippen LogP contribution in [0.5, 0.6) is 0 Å². The number of carbonyl (C=O) groups excluding carboxylic acids is 1. The average molecular weight is 337 g/mol. The van der Waals surface area contributed by atoms with Crippen molar-refractivity contribution in [1.82, 2.24) is 4.98 Å². The molecule has 0 aromatic carbocycles. The number of hydrogen-bond donors (Lipinski definition) is 0. The van der Waals surface area contributed by atoms with Crippen molar-refractivity contribution in [3.8, 4) is 0 Å². The molecule has 5 nitrogen and oxygen atoms in total. The van der Waals surface area contributed by atoms with Gasteiger partial charge in [0.25, 0.3) is 0 Å². The van der Waals surface area contributed by atoms with Gasteiger partial charge in [-0.3, -0.25) is 0 Å². The highest BCUT2D eigenvalue weighted by atomic mass is 28.4. The molecule has 6 heteroatoms. The van der Waals surface area contributed by atoms with Crippen molar-refractivity contribution in [2.75, 3.05) is 25.1 Å². The zero-order valence-corrected chi connectivity index (χ0v) is 16.0. The second kappa shape index (κ2) is 6.61. The van der Waals surface area contributed by atoms with Crippen LogP contribution in [0.1, 0.15) is 37.7 Å². The number of pyridine rings is 1. The number of rotatable bonds is 4. The third-order valence-electron chi connectivity index (χ3n) is 4.87. The number of nitrogens with zero attached hydrogens (tertiary/aromatic N) is 2. The van der Waals surface area contributed by atoms with Crippen molar-refractivity contribution in [1.29, 1.82) is 0 Å². The highest BCUT2D eigenvalue weighted by Crippen LogP contribution is 2.38. The van der Waals surface area contributed by atoms with Crippen molar-refractivity contribution >= 4 is 20.1 Å². The van der Waals surface area contributed by atoms with Crippen LogP contribution >= 0.6 is 0 Å². The van der Waals surface area contributed by atoms with Crippen LogP contribution in [0.3, 0.4) is 0 Å². The molecular formula is C17H28N2O3Si. The number of hydrogen-bond acceptors (Lipinski definition) is 5. The summed E-state index contributed by atoms with van der Waals surface area (Å²) in [4.78, 5) is 18.2. The number of ether oxygens (including phenoxy) is 1. The summed E-state index contributed by atoms with van der Waals surface area (Å²) >= 11 is 0. The summed E-state index contributed by atoms with van der Waals surface area (Å²) in [7, 11) is -0.386. The SMILES string of the molecule is COC(=O)c1cccc(N2CC[C@H](O[Si](C)(C)C(C)(C)C)C2)n1. The van der Waals surface area contributed by atoms with E-state index in [9.17, 15) is 4.79 Å². The van der Waals surface area contributed by atoms with Gasteiger partial charge < -0.3 is 14.1 Å². The zero-order chi connectivity index (χ0) is 17.3. The highest BCUT2D eigenvalue weighted by Gasteiger charge is 2.40. The quantitative estimate of drug-likeness (QED) is 0.622. The van der Waals surface area contributed by atoms with E-state index >= 15 is 0 Å². The Balaban J connectivity index is 2.05. The van der Waals surface area contributed by atoms with Crippen molar-refractivity contribution < 1.29 is 14.0 Å². The first-order valence-corrected chi connectivity index (χ1v) is 11.0. The third kappa shape index (κ3) is 4.12. The Morgan fingerprint density at radius 2 is 2.04 bits per heavy atom. The molecule has 1 fully saturated rings. The fraction of sp³-hybridized carbons (Fsp3) is 0.647. The maximum Gasteiger partial charge on any atom is 0.356 e. The molecule has 2 heterocycles. The standard InChI is InChI=1S/C17H28N2O3Si/c1-17(2,3)23(5,6)22-13-10-11-19(12-13)15-9-7-8-14(18-15)16(20)21-4/h7-9,13H,10-12H2,1-6H3/t13-/m0/s1. The van der Waals surface area contributed by atoms with Gasteiger partial charge in [-0.05, 0) is 36.7 Å². The molecule has 0 unspecified atom stereocenters. The lowest BCUT2D eigenvalue weighted by molar-refractivity contribution is 0.0594. The molecule has 0 spiro atoms. The normalized spacial score (nSPS) is 19.0. The Morgan fingerprint density at radius 1 is 1.35 bits per heavy atom. The monoisotopic (exact) mass is 336 g/mol. The van der Waals surface area contributed by atoms with E-state index in [1.54, 1.807) is 6.07 Å². The number of carbonyl (C=O) groups is 1. The molecule has 2 rings (SSSR count). The molecule has 128 valence electrons. The summed E-state index contributed by atoms with van der Waals surface area (Å²) in [6.45, 7) is 13.1.